The van der Waals surface area contributed by atoms with E-state index in [1.165, 1.54) is 23.1 Å². The molecule has 1 N–H and O–H groups in total. The zero-order valence-electron chi connectivity index (χ0n) is 16.2. The lowest BCUT2D eigenvalue weighted by molar-refractivity contribution is 0.584. The Morgan fingerprint density at radius 2 is 2.03 bits per heavy atom. The third-order valence-electron chi connectivity index (χ3n) is 4.76. The van der Waals surface area contributed by atoms with E-state index < -0.39 is 0 Å². The minimum Gasteiger partial charge on any atom is -0.309 e. The largest absolute Gasteiger partial charge is 0.309 e. The molecule has 0 bridgehead atoms. The van der Waals surface area contributed by atoms with Crippen LogP contribution in [0.5, 0.6) is 0 Å². The maximum absolute atomic E-state index is 12.9. The molecule has 0 aliphatic heterocycles. The summed E-state index contributed by atoms with van der Waals surface area (Å²) in [5.74, 6) is 0.973. The molecule has 9 heteroatoms. The van der Waals surface area contributed by atoms with E-state index in [0.717, 1.165) is 21.7 Å². The van der Waals surface area contributed by atoms with Gasteiger partial charge in [-0.25, -0.2) is 9.97 Å². The van der Waals surface area contributed by atoms with Gasteiger partial charge in [0.2, 0.25) is 0 Å². The Labute approximate surface area is 180 Å². The SMILES string of the molecule is CCCn1c(SCc2nc3sc(C)c(C)c3c(=O)[nH]2)nc2cc(Cl)ccc2c1=O. The molecule has 3 heterocycles. The predicted molar refractivity (Wildman–Crippen MR) is 121 cm³/mol. The number of thioether (sulfide) groups is 1. The number of rotatable bonds is 5. The number of halogens is 1. The van der Waals surface area contributed by atoms with Crippen LogP contribution >= 0.6 is 34.7 Å². The number of fused-ring (bicyclic) bond motifs is 2. The quantitative estimate of drug-likeness (QED) is 0.356. The molecule has 1 aromatic carbocycles. The van der Waals surface area contributed by atoms with E-state index in [4.69, 9.17) is 11.6 Å². The second kappa shape index (κ2) is 7.93. The number of hydrogen-bond donors (Lipinski definition) is 1. The van der Waals surface area contributed by atoms with Gasteiger partial charge in [-0.05, 0) is 44.0 Å². The van der Waals surface area contributed by atoms with Gasteiger partial charge in [-0.1, -0.05) is 30.3 Å². The number of benzene rings is 1. The standard InChI is InChI=1S/C20H19ClN4O2S2/c1-4-7-25-19(27)13-6-5-12(21)8-14(13)22-20(25)28-9-15-23-17(26)16-10(2)11(3)29-18(16)24-15/h5-6,8H,4,7,9H2,1-3H3,(H,23,24,26). The van der Waals surface area contributed by atoms with Crippen LogP contribution in [0.2, 0.25) is 5.02 Å². The van der Waals surface area contributed by atoms with E-state index in [1.54, 1.807) is 22.8 Å². The van der Waals surface area contributed by atoms with Crippen LogP contribution in [0.15, 0.2) is 32.9 Å². The topological polar surface area (TPSA) is 80.6 Å². The van der Waals surface area contributed by atoms with Gasteiger partial charge in [0.15, 0.2) is 5.16 Å². The van der Waals surface area contributed by atoms with Crippen molar-refractivity contribution < 1.29 is 0 Å². The van der Waals surface area contributed by atoms with Gasteiger partial charge in [-0.3, -0.25) is 14.2 Å². The second-order valence-corrected chi connectivity index (χ2v) is 9.36. The molecular formula is C20H19ClN4O2S2. The summed E-state index contributed by atoms with van der Waals surface area (Å²) in [6, 6.07) is 5.11. The molecule has 4 rings (SSSR count). The molecule has 150 valence electrons. The van der Waals surface area contributed by atoms with Gasteiger partial charge in [0.05, 0.1) is 22.0 Å². The first-order chi connectivity index (χ1) is 13.9. The maximum atomic E-state index is 12.9. The van der Waals surface area contributed by atoms with Gasteiger partial charge in [0.1, 0.15) is 10.7 Å². The molecule has 0 atom stereocenters. The Morgan fingerprint density at radius 1 is 1.24 bits per heavy atom. The van der Waals surface area contributed by atoms with Crippen LogP contribution < -0.4 is 11.1 Å². The number of H-pyrrole nitrogens is 1. The Kier molecular flexibility index (Phi) is 5.50. The third kappa shape index (κ3) is 3.72. The highest BCUT2D eigenvalue weighted by Crippen LogP contribution is 2.27. The van der Waals surface area contributed by atoms with Crippen molar-refractivity contribution in [3.05, 3.63) is 60.2 Å². The Morgan fingerprint density at radius 3 is 2.79 bits per heavy atom. The van der Waals surface area contributed by atoms with Crippen LogP contribution in [-0.4, -0.2) is 19.5 Å². The molecule has 0 amide bonds. The number of thiophene rings is 1. The molecule has 0 spiro atoms. The van der Waals surface area contributed by atoms with Crippen LogP contribution in [0.3, 0.4) is 0 Å². The van der Waals surface area contributed by atoms with Crippen molar-refractivity contribution in [3.8, 4) is 0 Å². The first-order valence-electron chi connectivity index (χ1n) is 9.20. The number of hydrogen-bond acceptors (Lipinski definition) is 6. The summed E-state index contributed by atoms with van der Waals surface area (Å²) in [5.41, 5.74) is 1.33. The van der Waals surface area contributed by atoms with Crippen LogP contribution in [-0.2, 0) is 12.3 Å². The van der Waals surface area contributed by atoms with E-state index >= 15 is 0 Å². The van der Waals surface area contributed by atoms with Crippen molar-refractivity contribution in [1.82, 2.24) is 19.5 Å². The monoisotopic (exact) mass is 446 g/mol. The van der Waals surface area contributed by atoms with Crippen LogP contribution in [0.4, 0.5) is 0 Å². The highest BCUT2D eigenvalue weighted by atomic mass is 35.5. The van der Waals surface area contributed by atoms with Crippen molar-refractivity contribution in [2.75, 3.05) is 0 Å². The van der Waals surface area contributed by atoms with Gasteiger partial charge >= 0.3 is 0 Å². The molecule has 0 aliphatic rings. The minimum absolute atomic E-state index is 0.0857. The Balaban J connectivity index is 1.74. The summed E-state index contributed by atoms with van der Waals surface area (Å²) >= 11 is 8.98. The number of nitrogens with one attached hydrogen (secondary N) is 1. The first-order valence-corrected chi connectivity index (χ1v) is 11.4. The zero-order valence-corrected chi connectivity index (χ0v) is 18.6. The van der Waals surface area contributed by atoms with Crippen molar-refractivity contribution in [3.63, 3.8) is 0 Å². The molecule has 0 unspecified atom stereocenters. The van der Waals surface area contributed by atoms with Gasteiger partial charge in [-0.15, -0.1) is 11.3 Å². The molecule has 0 radical (unpaired) electrons. The fourth-order valence-electron chi connectivity index (χ4n) is 3.21. The highest BCUT2D eigenvalue weighted by molar-refractivity contribution is 7.98. The average molecular weight is 447 g/mol. The van der Waals surface area contributed by atoms with E-state index in [9.17, 15) is 9.59 Å². The lowest BCUT2D eigenvalue weighted by Gasteiger charge is -2.12. The van der Waals surface area contributed by atoms with Gasteiger partial charge < -0.3 is 4.98 Å². The highest BCUT2D eigenvalue weighted by Gasteiger charge is 2.15. The average Bonchev–Trinajstić information content (AvgIpc) is 2.96. The van der Waals surface area contributed by atoms with Gasteiger partial charge in [-0.2, -0.15) is 0 Å². The van der Waals surface area contributed by atoms with Crippen LogP contribution in [0.1, 0.15) is 29.6 Å². The molecular weight excluding hydrogens is 428 g/mol. The Bertz CT molecular complexity index is 1360. The van der Waals surface area contributed by atoms with E-state index in [0.29, 0.717) is 44.6 Å². The predicted octanol–water partition coefficient (Wildman–Crippen LogP) is 4.67. The fraction of sp³-hybridized carbons (Fsp3) is 0.300. The molecule has 4 aromatic rings. The molecule has 29 heavy (non-hydrogen) atoms. The summed E-state index contributed by atoms with van der Waals surface area (Å²) < 4.78 is 1.68. The van der Waals surface area contributed by atoms with E-state index in [1.807, 2.05) is 20.8 Å². The lowest BCUT2D eigenvalue weighted by Crippen LogP contribution is -2.23. The lowest BCUT2D eigenvalue weighted by atomic mass is 10.2. The summed E-state index contributed by atoms with van der Waals surface area (Å²) in [7, 11) is 0. The van der Waals surface area contributed by atoms with Crippen LogP contribution in [0.25, 0.3) is 21.1 Å². The maximum Gasteiger partial charge on any atom is 0.262 e. The van der Waals surface area contributed by atoms with Gasteiger partial charge in [0, 0.05) is 16.4 Å². The third-order valence-corrected chi connectivity index (χ3v) is 7.08. The molecule has 6 nitrogen and oxygen atoms in total. The van der Waals surface area contributed by atoms with Crippen molar-refractivity contribution in [2.24, 2.45) is 0 Å². The Hall–Kier alpha value is -2.16. The van der Waals surface area contributed by atoms with Crippen molar-refractivity contribution in [1.29, 1.82) is 0 Å². The smallest absolute Gasteiger partial charge is 0.262 e. The second-order valence-electron chi connectivity index (χ2n) is 6.78. The molecule has 3 aromatic heterocycles. The number of nitrogens with zero attached hydrogens (tertiary/aromatic N) is 3. The number of aryl methyl sites for hydroxylation is 2. The summed E-state index contributed by atoms with van der Waals surface area (Å²) in [6.07, 6.45) is 0.809. The van der Waals surface area contributed by atoms with Crippen molar-refractivity contribution in [2.45, 2.75) is 44.6 Å². The molecule has 0 fully saturated rings. The number of aromatic amines is 1. The first kappa shape index (κ1) is 20.1. The van der Waals surface area contributed by atoms with Crippen molar-refractivity contribution >= 4 is 55.8 Å². The van der Waals surface area contributed by atoms with Gasteiger partial charge in [0.25, 0.3) is 11.1 Å². The van der Waals surface area contributed by atoms with Crippen LogP contribution in [0, 0.1) is 13.8 Å². The summed E-state index contributed by atoms with van der Waals surface area (Å²) in [4.78, 5) is 39.4. The summed E-state index contributed by atoms with van der Waals surface area (Å²) in [6.45, 7) is 6.51. The minimum atomic E-state index is -0.128. The zero-order chi connectivity index (χ0) is 20.7. The number of aromatic nitrogens is 4. The summed E-state index contributed by atoms with van der Waals surface area (Å²) in [5, 5.41) is 2.33. The van der Waals surface area contributed by atoms with E-state index in [2.05, 4.69) is 15.0 Å². The fourth-order valence-corrected chi connectivity index (χ4v) is 5.32. The molecule has 0 saturated carbocycles. The molecule has 0 aliphatic carbocycles. The molecule has 0 saturated heterocycles. The normalized spacial score (nSPS) is 11.6. The van der Waals surface area contributed by atoms with E-state index in [-0.39, 0.29) is 11.1 Å².